The number of para-hydroxylation sites is 1. The van der Waals surface area contributed by atoms with Gasteiger partial charge in [-0.2, -0.15) is 0 Å². The van der Waals surface area contributed by atoms with Crippen LogP contribution in [0.1, 0.15) is 11.1 Å². The van der Waals surface area contributed by atoms with Crippen molar-refractivity contribution in [2.24, 2.45) is 0 Å². The van der Waals surface area contributed by atoms with Crippen molar-refractivity contribution in [3.05, 3.63) is 53.6 Å². The Labute approximate surface area is 125 Å². The summed E-state index contributed by atoms with van der Waals surface area (Å²) < 4.78 is 10.9. The number of ether oxygens (including phenoxy) is 2. The van der Waals surface area contributed by atoms with Gasteiger partial charge in [0.15, 0.2) is 11.5 Å². The van der Waals surface area contributed by atoms with Crippen LogP contribution in [0.3, 0.4) is 0 Å². The Balaban J connectivity index is 1.64. The first-order chi connectivity index (χ1) is 10.2. The standard InChI is InChI=1S/C17H20N2O2/c1-19(2)11-13-6-8-15(9-7-13)18-10-14-4-3-5-16-17(14)21-12-20-16/h3-9,18H,10-12H2,1-2H3. The molecule has 3 rings (SSSR count). The normalized spacial score (nSPS) is 12.7. The van der Waals surface area contributed by atoms with E-state index in [9.17, 15) is 0 Å². The lowest BCUT2D eigenvalue weighted by Gasteiger charge is -2.12. The molecule has 2 aromatic rings. The van der Waals surface area contributed by atoms with Gasteiger partial charge in [-0.15, -0.1) is 0 Å². The number of nitrogens with one attached hydrogen (secondary N) is 1. The van der Waals surface area contributed by atoms with E-state index in [-0.39, 0.29) is 0 Å². The van der Waals surface area contributed by atoms with Crippen molar-refractivity contribution in [3.63, 3.8) is 0 Å². The van der Waals surface area contributed by atoms with Crippen molar-refractivity contribution in [3.8, 4) is 11.5 Å². The van der Waals surface area contributed by atoms with Gasteiger partial charge in [0.05, 0.1) is 0 Å². The first kappa shape index (κ1) is 13.8. The Hall–Kier alpha value is -2.20. The van der Waals surface area contributed by atoms with E-state index >= 15 is 0 Å². The lowest BCUT2D eigenvalue weighted by atomic mass is 10.1. The molecule has 4 nitrogen and oxygen atoms in total. The Bertz CT molecular complexity index is 609. The summed E-state index contributed by atoms with van der Waals surface area (Å²) >= 11 is 0. The van der Waals surface area contributed by atoms with E-state index in [0.29, 0.717) is 6.79 Å². The van der Waals surface area contributed by atoms with Crippen LogP contribution in [0.2, 0.25) is 0 Å². The predicted octanol–water partition coefficient (Wildman–Crippen LogP) is 3.09. The van der Waals surface area contributed by atoms with Crippen LogP contribution < -0.4 is 14.8 Å². The van der Waals surface area contributed by atoms with Gasteiger partial charge in [0.1, 0.15) is 0 Å². The van der Waals surface area contributed by atoms with Crippen molar-refractivity contribution >= 4 is 5.69 Å². The summed E-state index contributed by atoms with van der Waals surface area (Å²) in [4.78, 5) is 2.16. The molecule has 2 aromatic carbocycles. The Kier molecular flexibility index (Phi) is 3.97. The van der Waals surface area contributed by atoms with Crippen LogP contribution >= 0.6 is 0 Å². The lowest BCUT2D eigenvalue weighted by Crippen LogP contribution is -2.10. The van der Waals surface area contributed by atoms with E-state index in [0.717, 1.165) is 35.8 Å². The molecule has 1 aliphatic rings. The summed E-state index contributed by atoms with van der Waals surface area (Å²) in [5.74, 6) is 1.69. The van der Waals surface area contributed by atoms with Crippen LogP contribution in [0.4, 0.5) is 5.69 Å². The zero-order valence-electron chi connectivity index (χ0n) is 12.4. The van der Waals surface area contributed by atoms with E-state index in [2.05, 4.69) is 54.6 Å². The maximum Gasteiger partial charge on any atom is 0.231 e. The minimum atomic E-state index is 0.311. The smallest absolute Gasteiger partial charge is 0.231 e. The molecule has 1 aliphatic heterocycles. The fourth-order valence-corrected chi connectivity index (χ4v) is 2.42. The van der Waals surface area contributed by atoms with Gasteiger partial charge in [0.25, 0.3) is 0 Å². The highest BCUT2D eigenvalue weighted by atomic mass is 16.7. The minimum Gasteiger partial charge on any atom is -0.454 e. The molecular formula is C17H20N2O2. The van der Waals surface area contributed by atoms with Crippen LogP contribution in [-0.4, -0.2) is 25.8 Å². The molecule has 1 N–H and O–H groups in total. The molecule has 0 bridgehead atoms. The second-order valence-electron chi connectivity index (χ2n) is 5.44. The van der Waals surface area contributed by atoms with Crippen LogP contribution in [-0.2, 0) is 13.1 Å². The van der Waals surface area contributed by atoms with Crippen molar-refractivity contribution in [1.29, 1.82) is 0 Å². The molecule has 0 unspecified atom stereocenters. The Morgan fingerprint density at radius 1 is 1.05 bits per heavy atom. The van der Waals surface area contributed by atoms with Gasteiger partial charge in [-0.05, 0) is 37.9 Å². The summed E-state index contributed by atoms with van der Waals surface area (Å²) in [6.45, 7) is 1.99. The number of hydrogen-bond donors (Lipinski definition) is 1. The van der Waals surface area contributed by atoms with E-state index in [1.165, 1.54) is 5.56 Å². The second kappa shape index (κ2) is 6.06. The molecule has 1 heterocycles. The largest absolute Gasteiger partial charge is 0.454 e. The molecule has 0 aromatic heterocycles. The molecule has 0 radical (unpaired) electrons. The quantitative estimate of drug-likeness (QED) is 0.915. The fraction of sp³-hybridized carbons (Fsp3) is 0.294. The number of anilines is 1. The summed E-state index contributed by atoms with van der Waals surface area (Å²) in [6.07, 6.45) is 0. The van der Waals surface area contributed by atoms with Crippen molar-refractivity contribution in [1.82, 2.24) is 4.90 Å². The lowest BCUT2D eigenvalue weighted by molar-refractivity contribution is 0.173. The number of benzene rings is 2. The van der Waals surface area contributed by atoms with E-state index in [1.807, 2.05) is 12.1 Å². The average molecular weight is 284 g/mol. The average Bonchev–Trinajstić information content (AvgIpc) is 2.95. The highest BCUT2D eigenvalue weighted by molar-refractivity contribution is 5.51. The second-order valence-corrected chi connectivity index (χ2v) is 5.44. The van der Waals surface area contributed by atoms with Crippen LogP contribution in [0.25, 0.3) is 0 Å². The summed E-state index contributed by atoms with van der Waals surface area (Å²) in [7, 11) is 4.15. The first-order valence-electron chi connectivity index (χ1n) is 7.07. The van der Waals surface area contributed by atoms with Gasteiger partial charge in [-0.1, -0.05) is 24.3 Å². The van der Waals surface area contributed by atoms with Crippen molar-refractivity contribution < 1.29 is 9.47 Å². The van der Waals surface area contributed by atoms with Gasteiger partial charge in [0, 0.05) is 24.3 Å². The molecule has 0 aliphatic carbocycles. The Morgan fingerprint density at radius 3 is 2.62 bits per heavy atom. The molecule has 110 valence electrons. The van der Waals surface area contributed by atoms with E-state index < -0.39 is 0 Å². The monoisotopic (exact) mass is 284 g/mol. The topological polar surface area (TPSA) is 33.7 Å². The third-order valence-electron chi connectivity index (χ3n) is 3.41. The summed E-state index contributed by atoms with van der Waals surface area (Å²) in [5, 5.41) is 3.42. The third kappa shape index (κ3) is 3.28. The molecule has 0 spiro atoms. The van der Waals surface area contributed by atoms with Crippen LogP contribution in [0.15, 0.2) is 42.5 Å². The minimum absolute atomic E-state index is 0.311. The molecule has 4 heteroatoms. The molecule has 21 heavy (non-hydrogen) atoms. The number of rotatable bonds is 5. The zero-order chi connectivity index (χ0) is 14.7. The molecule has 0 fully saturated rings. The molecule has 0 amide bonds. The van der Waals surface area contributed by atoms with Gasteiger partial charge in [-0.25, -0.2) is 0 Å². The predicted molar refractivity (Wildman–Crippen MR) is 83.7 cm³/mol. The summed E-state index contributed by atoms with van der Waals surface area (Å²) in [6, 6.07) is 14.5. The van der Waals surface area contributed by atoms with Crippen LogP contribution in [0, 0.1) is 0 Å². The van der Waals surface area contributed by atoms with Crippen molar-refractivity contribution in [2.75, 3.05) is 26.2 Å². The summed E-state index contributed by atoms with van der Waals surface area (Å²) in [5.41, 5.74) is 3.53. The maximum atomic E-state index is 5.51. The van der Waals surface area contributed by atoms with Crippen molar-refractivity contribution in [2.45, 2.75) is 13.1 Å². The molecule has 0 atom stereocenters. The van der Waals surface area contributed by atoms with E-state index in [4.69, 9.17) is 9.47 Å². The number of hydrogen-bond acceptors (Lipinski definition) is 4. The highest BCUT2D eigenvalue weighted by Crippen LogP contribution is 2.35. The molecular weight excluding hydrogens is 264 g/mol. The zero-order valence-corrected chi connectivity index (χ0v) is 12.4. The maximum absolute atomic E-state index is 5.51. The third-order valence-corrected chi connectivity index (χ3v) is 3.41. The number of nitrogens with zero attached hydrogens (tertiary/aromatic N) is 1. The molecule has 0 saturated heterocycles. The van der Waals surface area contributed by atoms with E-state index in [1.54, 1.807) is 0 Å². The van der Waals surface area contributed by atoms with Gasteiger partial charge in [-0.3, -0.25) is 0 Å². The van der Waals surface area contributed by atoms with Gasteiger partial charge >= 0.3 is 0 Å². The van der Waals surface area contributed by atoms with Gasteiger partial charge in [0.2, 0.25) is 6.79 Å². The number of fused-ring (bicyclic) bond motifs is 1. The van der Waals surface area contributed by atoms with Gasteiger partial charge < -0.3 is 19.7 Å². The highest BCUT2D eigenvalue weighted by Gasteiger charge is 2.16. The fourth-order valence-electron chi connectivity index (χ4n) is 2.42. The SMILES string of the molecule is CN(C)Cc1ccc(NCc2cccc3c2OCO3)cc1. The Morgan fingerprint density at radius 2 is 1.86 bits per heavy atom. The molecule has 0 saturated carbocycles. The first-order valence-corrected chi connectivity index (χ1v) is 7.07. The van der Waals surface area contributed by atoms with Crippen LogP contribution in [0.5, 0.6) is 11.5 Å².